The number of hydrogen-bond acceptors (Lipinski definition) is 6. The van der Waals surface area contributed by atoms with Gasteiger partial charge in [0.05, 0.1) is 23.4 Å². The zero-order valence-corrected chi connectivity index (χ0v) is 13.4. The summed E-state index contributed by atoms with van der Waals surface area (Å²) in [5.74, 6) is 0.487. The molecule has 2 heterocycles. The minimum Gasteiger partial charge on any atom is -0.383 e. The van der Waals surface area contributed by atoms with Crippen LogP contribution in [0.5, 0.6) is 0 Å². The van der Waals surface area contributed by atoms with E-state index in [-0.39, 0.29) is 11.7 Å². The van der Waals surface area contributed by atoms with Gasteiger partial charge in [0.1, 0.15) is 6.26 Å². The van der Waals surface area contributed by atoms with E-state index in [1.807, 2.05) is 24.3 Å². The maximum atomic E-state index is 11.9. The van der Waals surface area contributed by atoms with Gasteiger partial charge in [0.2, 0.25) is 5.91 Å². The van der Waals surface area contributed by atoms with Gasteiger partial charge in [-0.1, -0.05) is 29.1 Å². The Morgan fingerprint density at radius 3 is 3.04 bits per heavy atom. The van der Waals surface area contributed by atoms with E-state index in [0.29, 0.717) is 19.0 Å². The molecule has 0 aliphatic rings. The maximum absolute atomic E-state index is 11.9. The van der Waals surface area contributed by atoms with Crippen molar-refractivity contribution >= 4 is 34.5 Å². The zero-order valence-electron chi connectivity index (χ0n) is 12.6. The molecule has 0 unspecified atom stereocenters. The summed E-state index contributed by atoms with van der Waals surface area (Å²) in [6.45, 7) is 1.27. The molecular formula is C15H16N4O3S. The molecule has 0 saturated heterocycles. The number of nitrogens with zero attached hydrogens (tertiary/aromatic N) is 3. The van der Waals surface area contributed by atoms with Crippen LogP contribution < -0.4 is 5.32 Å². The van der Waals surface area contributed by atoms with Crippen molar-refractivity contribution in [2.24, 2.45) is 0 Å². The van der Waals surface area contributed by atoms with Crippen LogP contribution in [0, 0.1) is 0 Å². The monoisotopic (exact) mass is 332 g/mol. The van der Waals surface area contributed by atoms with Gasteiger partial charge in [-0.3, -0.25) is 4.79 Å². The fourth-order valence-corrected chi connectivity index (χ4v) is 2.99. The standard InChI is InChI=1S/C15H16N4O3S/c1-21-9-7-19-12-5-3-2-4-11(12)16-15(19)23-10-14(20)17-13-6-8-22-18-13/h2-6,8H,7,9-10H2,1H3,(H,17,18,20). The van der Waals surface area contributed by atoms with Crippen molar-refractivity contribution in [1.82, 2.24) is 14.7 Å². The molecule has 3 rings (SSSR count). The van der Waals surface area contributed by atoms with Crippen molar-refractivity contribution in [2.45, 2.75) is 11.7 Å². The van der Waals surface area contributed by atoms with E-state index in [1.165, 1.54) is 18.0 Å². The molecule has 1 amide bonds. The van der Waals surface area contributed by atoms with Crippen LogP contribution in [0.25, 0.3) is 11.0 Å². The Morgan fingerprint density at radius 2 is 2.26 bits per heavy atom. The van der Waals surface area contributed by atoms with Gasteiger partial charge >= 0.3 is 0 Å². The molecule has 0 bridgehead atoms. The van der Waals surface area contributed by atoms with E-state index in [0.717, 1.165) is 16.2 Å². The fourth-order valence-electron chi connectivity index (χ4n) is 2.15. The average Bonchev–Trinajstić information content (AvgIpc) is 3.18. The van der Waals surface area contributed by atoms with Gasteiger partial charge in [-0.05, 0) is 12.1 Å². The molecule has 23 heavy (non-hydrogen) atoms. The van der Waals surface area contributed by atoms with Crippen LogP contribution in [0.4, 0.5) is 5.82 Å². The second-order valence-electron chi connectivity index (χ2n) is 4.75. The molecule has 7 nitrogen and oxygen atoms in total. The topological polar surface area (TPSA) is 82.2 Å². The van der Waals surface area contributed by atoms with Gasteiger partial charge in [0, 0.05) is 19.7 Å². The fraction of sp³-hybridized carbons (Fsp3) is 0.267. The lowest BCUT2D eigenvalue weighted by Gasteiger charge is -2.08. The van der Waals surface area contributed by atoms with Gasteiger partial charge in [0.15, 0.2) is 11.0 Å². The molecule has 8 heteroatoms. The van der Waals surface area contributed by atoms with Gasteiger partial charge < -0.3 is 19.1 Å². The van der Waals surface area contributed by atoms with Gasteiger partial charge in [-0.2, -0.15) is 0 Å². The Kier molecular flexibility index (Phi) is 4.94. The summed E-state index contributed by atoms with van der Waals surface area (Å²) in [6, 6.07) is 9.48. The number of benzene rings is 1. The number of amides is 1. The molecule has 1 N–H and O–H groups in total. The predicted octanol–water partition coefficient (Wildman–Crippen LogP) is 2.40. The Morgan fingerprint density at radius 1 is 1.39 bits per heavy atom. The first-order valence-corrected chi connectivity index (χ1v) is 8.03. The molecule has 0 saturated carbocycles. The molecule has 120 valence electrons. The number of thioether (sulfide) groups is 1. The van der Waals surface area contributed by atoms with Crippen LogP contribution in [-0.4, -0.2) is 40.1 Å². The highest BCUT2D eigenvalue weighted by atomic mass is 32.2. The summed E-state index contributed by atoms with van der Waals surface area (Å²) in [7, 11) is 1.66. The Bertz CT molecular complexity index is 785. The van der Waals surface area contributed by atoms with Crippen LogP contribution in [0.3, 0.4) is 0 Å². The molecule has 0 radical (unpaired) electrons. The lowest BCUT2D eigenvalue weighted by atomic mass is 10.3. The van der Waals surface area contributed by atoms with E-state index in [1.54, 1.807) is 13.2 Å². The highest BCUT2D eigenvalue weighted by molar-refractivity contribution is 7.99. The number of anilines is 1. The van der Waals surface area contributed by atoms with E-state index in [2.05, 4.69) is 24.5 Å². The van der Waals surface area contributed by atoms with Crippen molar-refractivity contribution in [1.29, 1.82) is 0 Å². The SMILES string of the molecule is COCCn1c(SCC(=O)Nc2ccon2)nc2ccccc21. The van der Waals surface area contributed by atoms with Crippen LogP contribution in [0.1, 0.15) is 0 Å². The van der Waals surface area contributed by atoms with Gasteiger partial charge in [0.25, 0.3) is 0 Å². The smallest absolute Gasteiger partial charge is 0.236 e. The van der Waals surface area contributed by atoms with Crippen molar-refractivity contribution in [2.75, 3.05) is 24.8 Å². The lowest BCUT2D eigenvalue weighted by Crippen LogP contribution is -2.15. The van der Waals surface area contributed by atoms with E-state index < -0.39 is 0 Å². The van der Waals surface area contributed by atoms with E-state index in [4.69, 9.17) is 4.74 Å². The summed E-state index contributed by atoms with van der Waals surface area (Å²) >= 11 is 1.38. The predicted molar refractivity (Wildman–Crippen MR) is 87.5 cm³/mol. The minimum atomic E-state index is -0.158. The first kappa shape index (κ1) is 15.6. The summed E-state index contributed by atoms with van der Waals surface area (Å²) in [5.41, 5.74) is 1.94. The van der Waals surface area contributed by atoms with Crippen molar-refractivity contribution in [3.63, 3.8) is 0 Å². The minimum absolute atomic E-state index is 0.158. The van der Waals surface area contributed by atoms with Crippen LogP contribution in [-0.2, 0) is 16.1 Å². The van der Waals surface area contributed by atoms with Crippen molar-refractivity contribution in [3.8, 4) is 0 Å². The molecule has 1 aromatic carbocycles. The lowest BCUT2D eigenvalue weighted by molar-refractivity contribution is -0.113. The molecular weight excluding hydrogens is 316 g/mol. The third kappa shape index (κ3) is 3.72. The number of imidazole rings is 1. The number of carbonyl (C=O) groups excluding carboxylic acids is 1. The number of ether oxygens (including phenoxy) is 1. The third-order valence-corrected chi connectivity index (χ3v) is 4.15. The number of carbonyl (C=O) groups is 1. The molecule has 2 aromatic heterocycles. The van der Waals surface area contributed by atoms with Gasteiger partial charge in [-0.25, -0.2) is 4.98 Å². The normalized spacial score (nSPS) is 11.0. The summed E-state index contributed by atoms with van der Waals surface area (Å²) < 4.78 is 11.9. The van der Waals surface area contributed by atoms with E-state index >= 15 is 0 Å². The number of nitrogens with one attached hydrogen (secondary N) is 1. The number of methoxy groups -OCH3 is 1. The molecule has 0 atom stereocenters. The molecule has 0 aliphatic heterocycles. The van der Waals surface area contributed by atoms with Gasteiger partial charge in [-0.15, -0.1) is 0 Å². The van der Waals surface area contributed by atoms with Crippen LogP contribution in [0.15, 0.2) is 46.3 Å². The Labute approximate surface area is 137 Å². The van der Waals surface area contributed by atoms with Crippen molar-refractivity contribution < 1.29 is 14.1 Å². The summed E-state index contributed by atoms with van der Waals surface area (Å²) in [4.78, 5) is 16.5. The quantitative estimate of drug-likeness (QED) is 0.669. The first-order chi connectivity index (χ1) is 11.3. The largest absolute Gasteiger partial charge is 0.383 e. The number of para-hydroxylation sites is 2. The molecule has 3 aromatic rings. The number of fused-ring (bicyclic) bond motifs is 1. The molecule has 0 fully saturated rings. The average molecular weight is 332 g/mol. The highest BCUT2D eigenvalue weighted by Gasteiger charge is 2.13. The van der Waals surface area contributed by atoms with Crippen LogP contribution >= 0.6 is 11.8 Å². The Balaban J connectivity index is 1.72. The molecule has 0 spiro atoms. The number of hydrogen-bond donors (Lipinski definition) is 1. The second-order valence-corrected chi connectivity index (χ2v) is 5.69. The number of rotatable bonds is 7. The van der Waals surface area contributed by atoms with E-state index in [9.17, 15) is 4.79 Å². The Hall–Kier alpha value is -2.32. The summed E-state index contributed by atoms with van der Waals surface area (Å²) in [6.07, 6.45) is 1.41. The summed E-state index contributed by atoms with van der Waals surface area (Å²) in [5, 5.41) is 7.10. The van der Waals surface area contributed by atoms with Crippen LogP contribution in [0.2, 0.25) is 0 Å². The third-order valence-electron chi connectivity index (χ3n) is 3.18. The maximum Gasteiger partial charge on any atom is 0.236 e. The second kappa shape index (κ2) is 7.30. The number of aromatic nitrogens is 3. The molecule has 0 aliphatic carbocycles. The first-order valence-electron chi connectivity index (χ1n) is 7.05. The zero-order chi connectivity index (χ0) is 16.1. The van der Waals surface area contributed by atoms with Crippen molar-refractivity contribution in [3.05, 3.63) is 36.6 Å². The highest BCUT2D eigenvalue weighted by Crippen LogP contribution is 2.24.